The Balaban J connectivity index is 2.44. The molecule has 0 aliphatic rings. The van der Waals surface area contributed by atoms with Crippen LogP contribution in [0.3, 0.4) is 0 Å². The molecule has 0 heterocycles. The molecule has 0 saturated heterocycles. The van der Waals surface area contributed by atoms with Crippen LogP contribution < -0.4 is 4.74 Å². The molecular weight excluding hydrogens is 221 g/mol. The number of hydrogen-bond donors (Lipinski definition) is 0. The average Bonchev–Trinajstić information content (AvgIpc) is 2.24. The first-order valence-corrected chi connectivity index (χ1v) is 4.50. The summed E-state index contributed by atoms with van der Waals surface area (Å²) in [4.78, 5) is 0. The fourth-order valence-corrected chi connectivity index (χ4v) is 0.984. The van der Waals surface area contributed by atoms with Gasteiger partial charge in [0.15, 0.2) is 6.61 Å². The molecule has 0 N–H and O–H groups in total. The Morgan fingerprint density at radius 3 is 2.31 bits per heavy atom. The van der Waals surface area contributed by atoms with Crippen molar-refractivity contribution in [2.24, 2.45) is 0 Å². The van der Waals surface area contributed by atoms with E-state index in [4.69, 9.17) is 4.74 Å². The minimum atomic E-state index is -4.30. The molecular formula is C11H11F3O2. The van der Waals surface area contributed by atoms with Gasteiger partial charge in [0.1, 0.15) is 5.75 Å². The van der Waals surface area contributed by atoms with Crippen molar-refractivity contribution in [2.45, 2.75) is 6.18 Å². The maximum absolute atomic E-state index is 11.7. The molecule has 0 radical (unpaired) electrons. The lowest BCUT2D eigenvalue weighted by Crippen LogP contribution is -2.14. The molecule has 5 heteroatoms. The number of alkyl halides is 3. The molecule has 0 amide bonds. The summed E-state index contributed by atoms with van der Waals surface area (Å²) in [5, 5.41) is 0. The zero-order chi connectivity index (χ0) is 12.0. The molecule has 0 aliphatic carbocycles. The molecule has 0 saturated carbocycles. The van der Waals surface area contributed by atoms with Crippen LogP contribution in [0.2, 0.25) is 0 Å². The Bertz CT molecular complexity index is 341. The predicted molar refractivity (Wildman–Crippen MR) is 54.0 cm³/mol. The van der Waals surface area contributed by atoms with Gasteiger partial charge >= 0.3 is 6.18 Å². The minimum Gasteiger partial charge on any atom is -0.497 e. The molecule has 0 fully saturated rings. The number of hydrogen-bond acceptors (Lipinski definition) is 2. The van der Waals surface area contributed by atoms with Crippen molar-refractivity contribution in [2.75, 3.05) is 13.7 Å². The standard InChI is InChI=1S/C11H11F3O2/c1-15-10-4-2-9(3-5-10)6-7-16-8-11(12,13)14/h2-7H,8H2,1H3/b7-6+. The van der Waals surface area contributed by atoms with Crippen LogP contribution in [0.1, 0.15) is 5.56 Å². The third-order valence-electron chi connectivity index (χ3n) is 1.72. The quantitative estimate of drug-likeness (QED) is 0.742. The van der Waals surface area contributed by atoms with Crippen LogP contribution in [0.25, 0.3) is 6.08 Å². The highest BCUT2D eigenvalue weighted by Crippen LogP contribution is 2.15. The molecule has 2 nitrogen and oxygen atoms in total. The highest BCUT2D eigenvalue weighted by molar-refractivity contribution is 5.49. The number of methoxy groups -OCH3 is 1. The molecule has 0 bridgehead atoms. The summed E-state index contributed by atoms with van der Waals surface area (Å²) in [5.74, 6) is 0.688. The van der Waals surface area contributed by atoms with E-state index in [-0.39, 0.29) is 0 Å². The molecule has 0 unspecified atom stereocenters. The summed E-state index contributed by atoms with van der Waals surface area (Å²) >= 11 is 0. The van der Waals surface area contributed by atoms with Gasteiger partial charge in [-0.25, -0.2) is 0 Å². The average molecular weight is 232 g/mol. The summed E-state index contributed by atoms with van der Waals surface area (Å²) in [6, 6.07) is 6.85. The van der Waals surface area contributed by atoms with E-state index in [1.807, 2.05) is 0 Å². The maximum atomic E-state index is 11.7. The lowest BCUT2D eigenvalue weighted by Gasteiger charge is -2.04. The van der Waals surface area contributed by atoms with E-state index in [9.17, 15) is 13.2 Å². The molecule has 16 heavy (non-hydrogen) atoms. The zero-order valence-corrected chi connectivity index (χ0v) is 8.62. The van der Waals surface area contributed by atoms with Crippen molar-refractivity contribution in [1.82, 2.24) is 0 Å². The number of ether oxygens (including phenoxy) is 2. The van der Waals surface area contributed by atoms with Gasteiger partial charge in [-0.2, -0.15) is 13.2 Å². The second-order valence-corrected chi connectivity index (χ2v) is 3.00. The second-order valence-electron chi connectivity index (χ2n) is 3.00. The van der Waals surface area contributed by atoms with Gasteiger partial charge in [0, 0.05) is 0 Å². The molecule has 0 atom stereocenters. The summed E-state index contributed by atoms with van der Waals surface area (Å²) in [6.07, 6.45) is -1.83. The highest BCUT2D eigenvalue weighted by Gasteiger charge is 2.27. The van der Waals surface area contributed by atoms with E-state index in [1.54, 1.807) is 24.3 Å². The Hall–Kier alpha value is -1.65. The first kappa shape index (κ1) is 12.4. The summed E-state index contributed by atoms with van der Waals surface area (Å²) in [6.45, 7) is -1.28. The van der Waals surface area contributed by atoms with Crippen molar-refractivity contribution in [3.05, 3.63) is 36.1 Å². The van der Waals surface area contributed by atoms with Gasteiger partial charge in [-0.1, -0.05) is 12.1 Å². The number of halogens is 3. The van der Waals surface area contributed by atoms with Crippen molar-refractivity contribution in [3.63, 3.8) is 0 Å². The molecule has 88 valence electrons. The van der Waals surface area contributed by atoms with Gasteiger partial charge in [-0.3, -0.25) is 0 Å². The molecule has 0 aliphatic heterocycles. The van der Waals surface area contributed by atoms with Gasteiger partial charge in [0.25, 0.3) is 0 Å². The number of rotatable bonds is 4. The van der Waals surface area contributed by atoms with Gasteiger partial charge < -0.3 is 9.47 Å². The normalized spacial score (nSPS) is 11.8. The lowest BCUT2D eigenvalue weighted by molar-refractivity contribution is -0.161. The minimum absolute atomic E-state index is 0.688. The van der Waals surface area contributed by atoms with Crippen LogP contribution in [0.4, 0.5) is 13.2 Å². The van der Waals surface area contributed by atoms with E-state index in [0.717, 1.165) is 11.8 Å². The Morgan fingerprint density at radius 2 is 1.81 bits per heavy atom. The SMILES string of the molecule is COc1ccc(/C=C/OCC(F)(F)F)cc1. The van der Waals surface area contributed by atoms with Crippen molar-refractivity contribution < 1.29 is 22.6 Å². The van der Waals surface area contributed by atoms with Gasteiger partial charge in [-0.15, -0.1) is 0 Å². The molecule has 0 spiro atoms. The largest absolute Gasteiger partial charge is 0.497 e. The van der Waals surface area contributed by atoms with Crippen molar-refractivity contribution >= 4 is 6.08 Å². The van der Waals surface area contributed by atoms with Crippen molar-refractivity contribution in [3.8, 4) is 5.75 Å². The van der Waals surface area contributed by atoms with E-state index in [1.165, 1.54) is 13.2 Å². The second kappa shape index (κ2) is 5.44. The van der Waals surface area contributed by atoms with Gasteiger partial charge in [0.2, 0.25) is 0 Å². The predicted octanol–water partition coefficient (Wildman–Crippen LogP) is 3.24. The Morgan fingerprint density at radius 1 is 1.19 bits per heavy atom. The van der Waals surface area contributed by atoms with Crippen molar-refractivity contribution in [1.29, 1.82) is 0 Å². The molecule has 0 aromatic heterocycles. The lowest BCUT2D eigenvalue weighted by atomic mass is 10.2. The van der Waals surface area contributed by atoms with Crippen LogP contribution in [-0.2, 0) is 4.74 Å². The monoisotopic (exact) mass is 232 g/mol. The Kier molecular flexibility index (Phi) is 4.22. The topological polar surface area (TPSA) is 18.5 Å². The summed E-state index contributed by atoms with van der Waals surface area (Å²) in [5.41, 5.74) is 0.739. The first-order chi connectivity index (χ1) is 7.51. The van der Waals surface area contributed by atoms with Gasteiger partial charge in [0.05, 0.1) is 13.4 Å². The summed E-state index contributed by atoms with van der Waals surface area (Å²) < 4.78 is 44.4. The fraction of sp³-hybridized carbons (Fsp3) is 0.273. The first-order valence-electron chi connectivity index (χ1n) is 4.50. The van der Waals surface area contributed by atoms with E-state index >= 15 is 0 Å². The van der Waals surface area contributed by atoms with Crippen LogP contribution in [-0.4, -0.2) is 19.9 Å². The van der Waals surface area contributed by atoms with Crippen LogP contribution in [0.15, 0.2) is 30.5 Å². The third kappa shape index (κ3) is 4.72. The molecule has 1 aromatic rings. The van der Waals surface area contributed by atoms with E-state index in [0.29, 0.717) is 5.75 Å². The maximum Gasteiger partial charge on any atom is 0.422 e. The molecule has 1 aromatic carbocycles. The summed E-state index contributed by atoms with van der Waals surface area (Å²) in [7, 11) is 1.54. The fourth-order valence-electron chi connectivity index (χ4n) is 0.984. The highest BCUT2D eigenvalue weighted by atomic mass is 19.4. The van der Waals surface area contributed by atoms with E-state index in [2.05, 4.69) is 4.74 Å². The van der Waals surface area contributed by atoms with Crippen LogP contribution in [0.5, 0.6) is 5.75 Å². The third-order valence-corrected chi connectivity index (χ3v) is 1.72. The molecule has 1 rings (SSSR count). The smallest absolute Gasteiger partial charge is 0.422 e. The van der Waals surface area contributed by atoms with E-state index < -0.39 is 12.8 Å². The van der Waals surface area contributed by atoms with Crippen LogP contribution >= 0.6 is 0 Å². The Labute approximate surface area is 91.3 Å². The number of benzene rings is 1. The van der Waals surface area contributed by atoms with Gasteiger partial charge in [-0.05, 0) is 23.8 Å². The zero-order valence-electron chi connectivity index (χ0n) is 8.62. The van der Waals surface area contributed by atoms with Crippen LogP contribution in [0, 0.1) is 0 Å².